The second-order valence-electron chi connectivity index (χ2n) is 5.94. The molecule has 1 amide bonds. The van der Waals surface area contributed by atoms with Gasteiger partial charge in [-0.3, -0.25) is 14.8 Å². The lowest BCUT2D eigenvalue weighted by molar-refractivity contribution is -0.116. The molecule has 0 radical (unpaired) electrons. The Labute approximate surface area is 159 Å². The van der Waals surface area contributed by atoms with Gasteiger partial charge in [0.15, 0.2) is 11.5 Å². The fraction of sp³-hybridized carbons (Fsp3) is 0.350. The maximum Gasteiger partial charge on any atom is 0.244 e. The van der Waals surface area contributed by atoms with Crippen molar-refractivity contribution >= 4 is 12.0 Å². The highest BCUT2D eigenvalue weighted by molar-refractivity contribution is 5.91. The number of hydrogen-bond donors (Lipinski definition) is 1. The summed E-state index contributed by atoms with van der Waals surface area (Å²) in [6, 6.07) is 3.54. The van der Waals surface area contributed by atoms with Crippen LogP contribution in [-0.4, -0.2) is 37.2 Å². The summed E-state index contributed by atoms with van der Waals surface area (Å²) in [7, 11) is 4.63. The van der Waals surface area contributed by atoms with Crippen LogP contribution in [0.25, 0.3) is 6.08 Å². The van der Waals surface area contributed by atoms with Gasteiger partial charge >= 0.3 is 0 Å². The summed E-state index contributed by atoms with van der Waals surface area (Å²) in [6.45, 7) is 6.01. The van der Waals surface area contributed by atoms with E-state index in [2.05, 4.69) is 15.3 Å². The van der Waals surface area contributed by atoms with Crippen molar-refractivity contribution in [2.24, 2.45) is 0 Å². The van der Waals surface area contributed by atoms with Gasteiger partial charge in [-0.15, -0.1) is 0 Å². The summed E-state index contributed by atoms with van der Waals surface area (Å²) < 4.78 is 15.9. The highest BCUT2D eigenvalue weighted by Crippen LogP contribution is 2.38. The maximum atomic E-state index is 12.2. The lowest BCUT2D eigenvalue weighted by Crippen LogP contribution is -2.22. The molecule has 0 aliphatic carbocycles. The molecule has 0 aliphatic rings. The summed E-state index contributed by atoms with van der Waals surface area (Å²) in [5.41, 5.74) is 4.07. The zero-order chi connectivity index (χ0) is 20.0. The Morgan fingerprint density at radius 3 is 2.11 bits per heavy atom. The van der Waals surface area contributed by atoms with Crippen LogP contribution >= 0.6 is 0 Å². The molecular weight excluding hydrogens is 346 g/mol. The van der Waals surface area contributed by atoms with Gasteiger partial charge in [0.1, 0.15) is 0 Å². The third kappa shape index (κ3) is 4.97. The van der Waals surface area contributed by atoms with Crippen LogP contribution in [0.4, 0.5) is 0 Å². The number of hydrogen-bond acceptors (Lipinski definition) is 6. The molecular formula is C20H25N3O4. The molecule has 7 heteroatoms. The highest BCUT2D eigenvalue weighted by atomic mass is 16.5. The molecule has 7 nitrogen and oxygen atoms in total. The van der Waals surface area contributed by atoms with Crippen LogP contribution in [0.5, 0.6) is 17.2 Å². The van der Waals surface area contributed by atoms with Crippen LogP contribution in [0.2, 0.25) is 0 Å². The molecule has 144 valence electrons. The van der Waals surface area contributed by atoms with E-state index >= 15 is 0 Å². The molecule has 1 N–H and O–H groups in total. The van der Waals surface area contributed by atoms with Crippen molar-refractivity contribution in [3.63, 3.8) is 0 Å². The van der Waals surface area contributed by atoms with Crippen LogP contribution in [0.3, 0.4) is 0 Å². The van der Waals surface area contributed by atoms with Crippen molar-refractivity contribution in [1.29, 1.82) is 0 Å². The van der Waals surface area contributed by atoms with Gasteiger partial charge in [-0.25, -0.2) is 0 Å². The van der Waals surface area contributed by atoms with Crippen molar-refractivity contribution in [2.75, 3.05) is 21.3 Å². The predicted molar refractivity (Wildman–Crippen MR) is 103 cm³/mol. The third-order valence-electron chi connectivity index (χ3n) is 4.12. The fourth-order valence-electron chi connectivity index (χ4n) is 2.53. The number of ether oxygens (including phenoxy) is 3. The monoisotopic (exact) mass is 371 g/mol. The average molecular weight is 371 g/mol. The van der Waals surface area contributed by atoms with Crippen molar-refractivity contribution in [3.8, 4) is 17.2 Å². The minimum absolute atomic E-state index is 0.233. The van der Waals surface area contributed by atoms with Gasteiger partial charge in [0, 0.05) is 6.08 Å². The SMILES string of the molecule is COc1cc(/C=C/C(=O)NCc2nc(C)c(C)nc2C)cc(OC)c1OC. The molecule has 0 fully saturated rings. The van der Waals surface area contributed by atoms with E-state index in [0.29, 0.717) is 23.8 Å². The molecule has 0 bridgehead atoms. The van der Waals surface area contributed by atoms with E-state index in [1.54, 1.807) is 39.5 Å². The molecule has 27 heavy (non-hydrogen) atoms. The van der Waals surface area contributed by atoms with E-state index in [0.717, 1.165) is 28.3 Å². The number of benzene rings is 1. The van der Waals surface area contributed by atoms with Gasteiger partial charge < -0.3 is 19.5 Å². The number of aryl methyl sites for hydroxylation is 3. The summed E-state index contributed by atoms with van der Waals surface area (Å²) >= 11 is 0. The Balaban J connectivity index is 2.10. The van der Waals surface area contributed by atoms with Crippen molar-refractivity contribution in [2.45, 2.75) is 27.3 Å². The second kappa shape index (κ2) is 9.02. The number of nitrogens with one attached hydrogen (secondary N) is 1. The number of methoxy groups -OCH3 is 3. The zero-order valence-electron chi connectivity index (χ0n) is 16.5. The first-order chi connectivity index (χ1) is 12.9. The Morgan fingerprint density at radius 1 is 0.963 bits per heavy atom. The van der Waals surface area contributed by atoms with Gasteiger partial charge in [0.2, 0.25) is 11.7 Å². The Kier molecular flexibility index (Phi) is 6.76. The molecule has 1 aromatic heterocycles. The number of rotatable bonds is 7. The molecule has 1 heterocycles. The maximum absolute atomic E-state index is 12.2. The fourth-order valence-corrected chi connectivity index (χ4v) is 2.53. The lowest BCUT2D eigenvalue weighted by atomic mass is 10.1. The summed E-state index contributed by atoms with van der Waals surface area (Å²) in [6.07, 6.45) is 3.13. The first kappa shape index (κ1) is 20.2. The number of carbonyl (C=O) groups excluding carboxylic acids is 1. The summed E-state index contributed by atoms with van der Waals surface area (Å²) in [4.78, 5) is 21.1. The van der Waals surface area contributed by atoms with Gasteiger partial charge in [-0.2, -0.15) is 0 Å². The number of nitrogens with zero attached hydrogens (tertiary/aromatic N) is 2. The van der Waals surface area contributed by atoms with Crippen molar-refractivity contribution in [3.05, 3.63) is 46.5 Å². The Hall–Kier alpha value is -3.09. The molecule has 0 spiro atoms. The normalized spacial score (nSPS) is 10.7. The van der Waals surface area contributed by atoms with Gasteiger partial charge in [-0.1, -0.05) is 0 Å². The van der Waals surface area contributed by atoms with Gasteiger partial charge in [0.05, 0.1) is 50.6 Å². The van der Waals surface area contributed by atoms with E-state index in [1.807, 2.05) is 20.8 Å². The van der Waals surface area contributed by atoms with Gasteiger partial charge in [0.25, 0.3) is 0 Å². The molecule has 2 aromatic rings. The highest BCUT2D eigenvalue weighted by Gasteiger charge is 2.12. The summed E-state index contributed by atoms with van der Waals surface area (Å²) in [5.74, 6) is 1.32. The molecule has 2 rings (SSSR count). The average Bonchev–Trinajstić information content (AvgIpc) is 2.66. The number of amides is 1. The molecule has 0 atom stereocenters. The lowest BCUT2D eigenvalue weighted by Gasteiger charge is -2.12. The Morgan fingerprint density at radius 2 is 1.56 bits per heavy atom. The van der Waals surface area contributed by atoms with Crippen molar-refractivity contribution in [1.82, 2.24) is 15.3 Å². The van der Waals surface area contributed by atoms with Crippen LogP contribution < -0.4 is 19.5 Å². The zero-order valence-corrected chi connectivity index (χ0v) is 16.5. The molecule has 0 unspecified atom stereocenters. The third-order valence-corrected chi connectivity index (χ3v) is 4.12. The standard InChI is InChI=1S/C20H25N3O4/c1-12-13(2)23-16(14(3)22-12)11-21-19(24)8-7-15-9-17(25-4)20(27-6)18(10-15)26-5/h7-10H,11H2,1-6H3,(H,21,24)/b8-7+. The van der Waals surface area contributed by atoms with E-state index in [1.165, 1.54) is 6.08 Å². The predicted octanol–water partition coefficient (Wildman–Crippen LogP) is 2.76. The van der Waals surface area contributed by atoms with E-state index in [4.69, 9.17) is 14.2 Å². The molecule has 0 aliphatic heterocycles. The molecule has 0 saturated heterocycles. The van der Waals surface area contributed by atoms with E-state index in [9.17, 15) is 4.79 Å². The number of carbonyl (C=O) groups is 1. The van der Waals surface area contributed by atoms with E-state index < -0.39 is 0 Å². The first-order valence-corrected chi connectivity index (χ1v) is 8.46. The van der Waals surface area contributed by atoms with Gasteiger partial charge in [-0.05, 0) is 44.5 Å². The smallest absolute Gasteiger partial charge is 0.244 e. The molecule has 0 saturated carbocycles. The topological polar surface area (TPSA) is 82.6 Å². The van der Waals surface area contributed by atoms with Crippen molar-refractivity contribution < 1.29 is 19.0 Å². The first-order valence-electron chi connectivity index (χ1n) is 8.46. The second-order valence-corrected chi connectivity index (χ2v) is 5.94. The summed E-state index contributed by atoms with van der Waals surface area (Å²) in [5, 5.41) is 2.82. The van der Waals surface area contributed by atoms with Crippen LogP contribution in [0, 0.1) is 20.8 Å². The van der Waals surface area contributed by atoms with E-state index in [-0.39, 0.29) is 5.91 Å². The van der Waals surface area contributed by atoms with Crippen LogP contribution in [0.15, 0.2) is 18.2 Å². The minimum atomic E-state index is -0.233. The molecule has 1 aromatic carbocycles. The minimum Gasteiger partial charge on any atom is -0.493 e. The quantitative estimate of drug-likeness (QED) is 0.754. The Bertz CT molecular complexity index is 838. The number of aromatic nitrogens is 2. The largest absolute Gasteiger partial charge is 0.493 e. The van der Waals surface area contributed by atoms with Crippen LogP contribution in [0.1, 0.15) is 28.3 Å². The van der Waals surface area contributed by atoms with Crippen LogP contribution in [-0.2, 0) is 11.3 Å².